The summed E-state index contributed by atoms with van der Waals surface area (Å²) in [6, 6.07) is 0. The van der Waals surface area contributed by atoms with E-state index in [9.17, 15) is 4.57 Å². The SMILES string of the molecule is CCCCCCCCCCC#CP(=O)(OCC)OCC. The molecule has 0 saturated heterocycles. The molecule has 20 heavy (non-hydrogen) atoms. The van der Waals surface area contributed by atoms with E-state index in [-0.39, 0.29) is 0 Å². The van der Waals surface area contributed by atoms with Crippen molar-refractivity contribution in [2.24, 2.45) is 0 Å². The molecule has 0 aromatic carbocycles. The summed E-state index contributed by atoms with van der Waals surface area (Å²) in [6.45, 7) is 6.56. The van der Waals surface area contributed by atoms with Crippen molar-refractivity contribution in [1.82, 2.24) is 0 Å². The van der Waals surface area contributed by atoms with Crippen LogP contribution in [0, 0.1) is 11.6 Å². The second-order valence-corrected chi connectivity index (χ2v) is 6.58. The molecule has 0 aliphatic heterocycles. The lowest BCUT2D eigenvalue weighted by Gasteiger charge is -2.09. The molecule has 0 aromatic heterocycles. The second-order valence-electron chi connectivity index (χ2n) is 4.85. The van der Waals surface area contributed by atoms with Gasteiger partial charge in [0.1, 0.15) is 0 Å². The minimum absolute atomic E-state index is 0.365. The highest BCUT2D eigenvalue weighted by molar-refractivity contribution is 7.59. The van der Waals surface area contributed by atoms with Crippen LogP contribution in [-0.2, 0) is 13.6 Å². The first-order valence-electron chi connectivity index (χ1n) is 8.07. The molecule has 0 aliphatic carbocycles. The summed E-state index contributed by atoms with van der Waals surface area (Å²) in [5, 5.41) is 0. The predicted octanol–water partition coefficient (Wildman–Crippen LogP) is 5.74. The average Bonchev–Trinajstić information content (AvgIpc) is 2.41. The van der Waals surface area contributed by atoms with Crippen LogP contribution >= 0.6 is 7.60 Å². The van der Waals surface area contributed by atoms with Crippen LogP contribution in [0.5, 0.6) is 0 Å². The Morgan fingerprint density at radius 3 is 1.80 bits per heavy atom. The highest BCUT2D eigenvalue weighted by Crippen LogP contribution is 2.46. The molecule has 0 unspecified atom stereocenters. The topological polar surface area (TPSA) is 35.5 Å². The van der Waals surface area contributed by atoms with E-state index in [1.165, 1.54) is 44.9 Å². The minimum Gasteiger partial charge on any atom is -0.300 e. The van der Waals surface area contributed by atoms with Gasteiger partial charge in [-0.15, -0.1) is 0 Å². The summed E-state index contributed by atoms with van der Waals surface area (Å²) >= 11 is 0. The number of hydrogen-bond donors (Lipinski definition) is 0. The molecule has 0 saturated carbocycles. The highest BCUT2D eigenvalue weighted by atomic mass is 31.2. The van der Waals surface area contributed by atoms with Crippen LogP contribution < -0.4 is 0 Å². The third-order valence-electron chi connectivity index (χ3n) is 2.97. The van der Waals surface area contributed by atoms with Crippen molar-refractivity contribution in [2.75, 3.05) is 13.2 Å². The van der Waals surface area contributed by atoms with Crippen LogP contribution in [0.2, 0.25) is 0 Å². The molecule has 3 nitrogen and oxygen atoms in total. The monoisotopic (exact) mass is 302 g/mol. The standard InChI is InChI=1S/C16H31O3P/c1-4-7-8-9-10-11-12-13-14-15-16-20(17,18-5-2)19-6-3/h4-14H2,1-3H3. The van der Waals surface area contributed by atoms with Crippen molar-refractivity contribution >= 4 is 7.60 Å². The van der Waals surface area contributed by atoms with Gasteiger partial charge in [-0.25, -0.2) is 4.57 Å². The minimum atomic E-state index is -3.15. The first-order valence-corrected chi connectivity index (χ1v) is 9.62. The maximum atomic E-state index is 12.0. The maximum absolute atomic E-state index is 12.0. The van der Waals surface area contributed by atoms with Gasteiger partial charge in [-0.05, 0) is 20.3 Å². The molecule has 0 aromatic rings. The van der Waals surface area contributed by atoms with E-state index >= 15 is 0 Å². The van der Waals surface area contributed by atoms with E-state index in [1.54, 1.807) is 13.8 Å². The number of rotatable bonds is 12. The lowest BCUT2D eigenvalue weighted by molar-refractivity contribution is 0.230. The molecule has 0 aliphatic rings. The van der Waals surface area contributed by atoms with Crippen molar-refractivity contribution < 1.29 is 13.6 Å². The molecule has 0 N–H and O–H groups in total. The zero-order chi connectivity index (χ0) is 15.1. The third-order valence-corrected chi connectivity index (χ3v) is 4.60. The Labute approximate surface area is 125 Å². The predicted molar refractivity (Wildman–Crippen MR) is 85.9 cm³/mol. The van der Waals surface area contributed by atoms with Crippen LogP contribution in [0.3, 0.4) is 0 Å². The quantitative estimate of drug-likeness (QED) is 0.262. The van der Waals surface area contributed by atoms with Gasteiger partial charge in [-0.1, -0.05) is 57.8 Å². The van der Waals surface area contributed by atoms with E-state index in [4.69, 9.17) is 9.05 Å². The van der Waals surface area contributed by atoms with Crippen LogP contribution in [0.25, 0.3) is 0 Å². The molecule has 118 valence electrons. The lowest BCUT2D eigenvalue weighted by Crippen LogP contribution is -1.93. The summed E-state index contributed by atoms with van der Waals surface area (Å²) in [5.74, 6) is 2.94. The second kappa shape index (κ2) is 13.7. The summed E-state index contributed by atoms with van der Waals surface area (Å²) in [4.78, 5) is 0. The van der Waals surface area contributed by atoms with E-state index in [1.807, 2.05) is 0 Å². The van der Waals surface area contributed by atoms with Gasteiger partial charge in [0.05, 0.1) is 13.2 Å². The third kappa shape index (κ3) is 11.5. The van der Waals surface area contributed by atoms with Crippen molar-refractivity contribution in [2.45, 2.75) is 78.6 Å². The Kier molecular flexibility index (Phi) is 13.5. The van der Waals surface area contributed by atoms with Gasteiger partial charge in [-0.3, -0.25) is 9.05 Å². The van der Waals surface area contributed by atoms with Crippen molar-refractivity contribution in [1.29, 1.82) is 0 Å². The van der Waals surface area contributed by atoms with Gasteiger partial charge in [0.15, 0.2) is 0 Å². The molecule has 4 heteroatoms. The molecule has 0 radical (unpaired) electrons. The molecule has 0 spiro atoms. The van der Waals surface area contributed by atoms with Crippen LogP contribution in [0.15, 0.2) is 0 Å². The van der Waals surface area contributed by atoms with Gasteiger partial charge in [0, 0.05) is 12.1 Å². The summed E-state index contributed by atoms with van der Waals surface area (Å²) < 4.78 is 22.3. The van der Waals surface area contributed by atoms with Gasteiger partial charge in [-0.2, -0.15) is 0 Å². The molecular formula is C16H31O3P. The van der Waals surface area contributed by atoms with E-state index < -0.39 is 7.60 Å². The van der Waals surface area contributed by atoms with Gasteiger partial charge < -0.3 is 0 Å². The average molecular weight is 302 g/mol. The summed E-state index contributed by atoms with van der Waals surface area (Å²) in [6.07, 6.45) is 11.0. The van der Waals surface area contributed by atoms with Crippen molar-refractivity contribution in [3.05, 3.63) is 0 Å². The Morgan fingerprint density at radius 1 is 0.800 bits per heavy atom. The van der Waals surface area contributed by atoms with E-state index in [2.05, 4.69) is 18.5 Å². The van der Waals surface area contributed by atoms with Gasteiger partial charge in [0.25, 0.3) is 0 Å². The highest BCUT2D eigenvalue weighted by Gasteiger charge is 2.19. The summed E-state index contributed by atoms with van der Waals surface area (Å²) in [7, 11) is -3.15. The zero-order valence-electron chi connectivity index (χ0n) is 13.5. The Balaban J connectivity index is 3.67. The maximum Gasteiger partial charge on any atom is 0.405 e. The fourth-order valence-corrected chi connectivity index (χ4v) is 3.13. The van der Waals surface area contributed by atoms with Crippen LogP contribution in [0.1, 0.15) is 78.6 Å². The van der Waals surface area contributed by atoms with Crippen molar-refractivity contribution in [3.63, 3.8) is 0 Å². The molecule has 0 fully saturated rings. The fraction of sp³-hybridized carbons (Fsp3) is 0.875. The fourth-order valence-electron chi connectivity index (χ4n) is 1.94. The Morgan fingerprint density at radius 2 is 1.30 bits per heavy atom. The molecule has 0 bridgehead atoms. The zero-order valence-corrected chi connectivity index (χ0v) is 14.3. The van der Waals surface area contributed by atoms with Gasteiger partial charge in [0.2, 0.25) is 0 Å². The molecule has 0 amide bonds. The molecule has 0 heterocycles. The summed E-state index contributed by atoms with van der Waals surface area (Å²) in [5.41, 5.74) is 2.68. The Bertz CT molecular complexity index is 307. The van der Waals surface area contributed by atoms with E-state index in [0.29, 0.717) is 13.2 Å². The van der Waals surface area contributed by atoms with Crippen LogP contribution in [-0.4, -0.2) is 13.2 Å². The van der Waals surface area contributed by atoms with Crippen molar-refractivity contribution in [3.8, 4) is 11.6 Å². The normalized spacial score (nSPS) is 11.2. The van der Waals surface area contributed by atoms with E-state index in [0.717, 1.165) is 12.8 Å². The first kappa shape index (κ1) is 19.7. The molecular weight excluding hydrogens is 271 g/mol. The first-order chi connectivity index (χ1) is 9.68. The smallest absolute Gasteiger partial charge is 0.300 e. The number of unbranched alkanes of at least 4 members (excludes halogenated alkanes) is 8. The molecule has 0 rings (SSSR count). The molecule has 0 atom stereocenters. The number of hydrogen-bond acceptors (Lipinski definition) is 3. The van der Waals surface area contributed by atoms with Gasteiger partial charge >= 0.3 is 7.60 Å². The Hall–Kier alpha value is -0.290. The lowest BCUT2D eigenvalue weighted by atomic mass is 10.1. The largest absolute Gasteiger partial charge is 0.405 e. The van der Waals surface area contributed by atoms with Crippen LogP contribution in [0.4, 0.5) is 0 Å².